The van der Waals surface area contributed by atoms with Crippen molar-refractivity contribution in [2.24, 2.45) is 0 Å². The molecule has 3 heterocycles. The molecule has 6 heteroatoms. The lowest BCUT2D eigenvalue weighted by atomic mass is 9.97. The van der Waals surface area contributed by atoms with Crippen LogP contribution in [0.15, 0.2) is 12.1 Å². The Morgan fingerprint density at radius 1 is 1.29 bits per heavy atom. The highest BCUT2D eigenvalue weighted by molar-refractivity contribution is 5.92. The average Bonchev–Trinajstić information content (AvgIpc) is 2.53. The van der Waals surface area contributed by atoms with E-state index in [4.69, 9.17) is 0 Å². The van der Waals surface area contributed by atoms with Crippen LogP contribution in [0.25, 0.3) is 0 Å². The molecular formula is C15H23N5O. The maximum Gasteiger partial charge on any atom is 0.274 e. The molecule has 114 valence electrons. The van der Waals surface area contributed by atoms with Gasteiger partial charge in [0, 0.05) is 32.2 Å². The van der Waals surface area contributed by atoms with E-state index in [1.165, 1.54) is 25.8 Å². The van der Waals surface area contributed by atoms with Gasteiger partial charge in [-0.2, -0.15) is 0 Å². The van der Waals surface area contributed by atoms with E-state index in [0.717, 1.165) is 13.1 Å². The number of carbonyl (C=O) groups is 1. The van der Waals surface area contributed by atoms with Crippen LogP contribution in [-0.2, 0) is 0 Å². The van der Waals surface area contributed by atoms with Crippen LogP contribution < -0.4 is 5.32 Å². The van der Waals surface area contributed by atoms with Crippen LogP contribution in [0.1, 0.15) is 36.7 Å². The summed E-state index contributed by atoms with van der Waals surface area (Å²) in [5.74, 6) is 0.680. The van der Waals surface area contributed by atoms with Crippen molar-refractivity contribution in [3.8, 4) is 0 Å². The number of carbonyl (C=O) groups excluding carboxylic acids is 1. The normalized spacial score (nSPS) is 26.3. The Morgan fingerprint density at radius 2 is 2.14 bits per heavy atom. The molecule has 3 rings (SSSR count). The van der Waals surface area contributed by atoms with E-state index in [1.54, 1.807) is 19.2 Å². The van der Waals surface area contributed by atoms with Crippen molar-refractivity contribution >= 4 is 11.7 Å². The second kappa shape index (κ2) is 5.97. The Morgan fingerprint density at radius 3 is 2.86 bits per heavy atom. The van der Waals surface area contributed by atoms with Crippen molar-refractivity contribution in [2.45, 2.75) is 38.3 Å². The number of rotatable bonds is 2. The van der Waals surface area contributed by atoms with Gasteiger partial charge in [-0.25, -0.2) is 0 Å². The highest BCUT2D eigenvalue weighted by atomic mass is 16.2. The van der Waals surface area contributed by atoms with Crippen molar-refractivity contribution in [1.29, 1.82) is 0 Å². The summed E-state index contributed by atoms with van der Waals surface area (Å²) in [4.78, 5) is 17.2. The Labute approximate surface area is 125 Å². The molecule has 1 aromatic heterocycles. The quantitative estimate of drug-likeness (QED) is 0.887. The zero-order valence-electron chi connectivity index (χ0n) is 12.7. The molecule has 0 radical (unpaired) electrons. The molecule has 1 aromatic rings. The minimum atomic E-state index is 0.00266. The second-order valence-corrected chi connectivity index (χ2v) is 6.00. The Hall–Kier alpha value is -1.69. The molecule has 2 fully saturated rings. The van der Waals surface area contributed by atoms with E-state index in [2.05, 4.69) is 27.3 Å². The lowest BCUT2D eigenvalue weighted by Crippen LogP contribution is -2.60. The minimum Gasteiger partial charge on any atom is -0.372 e. The fourth-order valence-electron chi connectivity index (χ4n) is 3.36. The van der Waals surface area contributed by atoms with Gasteiger partial charge in [-0.1, -0.05) is 6.42 Å². The highest BCUT2D eigenvalue weighted by Crippen LogP contribution is 2.24. The second-order valence-electron chi connectivity index (χ2n) is 6.00. The van der Waals surface area contributed by atoms with Crippen LogP contribution in [0, 0.1) is 0 Å². The zero-order valence-corrected chi connectivity index (χ0v) is 12.7. The predicted molar refractivity (Wildman–Crippen MR) is 81.3 cm³/mol. The first-order valence-corrected chi connectivity index (χ1v) is 7.75. The number of anilines is 1. The summed E-state index contributed by atoms with van der Waals surface area (Å²) < 4.78 is 0. The summed E-state index contributed by atoms with van der Waals surface area (Å²) in [6.07, 6.45) is 3.75. The van der Waals surface area contributed by atoms with Crippen molar-refractivity contribution in [1.82, 2.24) is 20.0 Å². The maximum atomic E-state index is 12.7. The van der Waals surface area contributed by atoms with Gasteiger partial charge in [0.05, 0.1) is 0 Å². The number of piperazine rings is 1. The molecule has 0 aromatic carbocycles. The van der Waals surface area contributed by atoms with Crippen LogP contribution in [-0.4, -0.2) is 64.7 Å². The Balaban J connectivity index is 1.73. The van der Waals surface area contributed by atoms with E-state index in [1.807, 2.05) is 4.90 Å². The molecule has 2 atom stereocenters. The third-order valence-electron chi connectivity index (χ3n) is 4.59. The molecule has 1 N–H and O–H groups in total. The number of hydrogen-bond acceptors (Lipinski definition) is 5. The highest BCUT2D eigenvalue weighted by Gasteiger charge is 2.35. The van der Waals surface area contributed by atoms with E-state index in [9.17, 15) is 4.79 Å². The number of hydrogen-bond donors (Lipinski definition) is 1. The van der Waals surface area contributed by atoms with Crippen molar-refractivity contribution in [2.75, 3.05) is 32.0 Å². The summed E-state index contributed by atoms with van der Waals surface area (Å²) in [5, 5.41) is 11.0. The fourth-order valence-corrected chi connectivity index (χ4v) is 3.36. The molecule has 2 unspecified atom stereocenters. The monoisotopic (exact) mass is 289 g/mol. The van der Waals surface area contributed by atoms with Crippen LogP contribution in [0.5, 0.6) is 0 Å². The topological polar surface area (TPSA) is 61.4 Å². The number of piperidine rings is 1. The minimum absolute atomic E-state index is 0.00266. The van der Waals surface area contributed by atoms with Gasteiger partial charge in [-0.05, 0) is 38.4 Å². The Kier molecular flexibility index (Phi) is 4.05. The number of aromatic nitrogens is 2. The summed E-state index contributed by atoms with van der Waals surface area (Å²) >= 11 is 0. The van der Waals surface area contributed by atoms with Crippen LogP contribution in [0.3, 0.4) is 0 Å². The number of amides is 1. The van der Waals surface area contributed by atoms with Crippen molar-refractivity contribution < 1.29 is 4.79 Å². The molecule has 0 aliphatic carbocycles. The van der Waals surface area contributed by atoms with E-state index < -0.39 is 0 Å². The number of nitrogens with zero attached hydrogens (tertiary/aromatic N) is 4. The third-order valence-corrected chi connectivity index (χ3v) is 4.59. The van der Waals surface area contributed by atoms with Crippen LogP contribution >= 0.6 is 0 Å². The van der Waals surface area contributed by atoms with Gasteiger partial charge >= 0.3 is 0 Å². The molecule has 2 saturated heterocycles. The maximum absolute atomic E-state index is 12.7. The molecule has 2 aliphatic rings. The first-order valence-electron chi connectivity index (χ1n) is 7.75. The van der Waals surface area contributed by atoms with Gasteiger partial charge in [0.1, 0.15) is 5.82 Å². The van der Waals surface area contributed by atoms with Gasteiger partial charge in [0.15, 0.2) is 5.69 Å². The zero-order chi connectivity index (χ0) is 14.8. The lowest BCUT2D eigenvalue weighted by Gasteiger charge is -2.47. The van der Waals surface area contributed by atoms with Gasteiger partial charge in [0.2, 0.25) is 0 Å². The first-order chi connectivity index (χ1) is 10.2. The van der Waals surface area contributed by atoms with Crippen LogP contribution in [0.2, 0.25) is 0 Å². The predicted octanol–water partition coefficient (Wildman–Crippen LogP) is 1.22. The molecule has 1 amide bonds. The summed E-state index contributed by atoms with van der Waals surface area (Å²) in [7, 11) is 1.79. The Bertz CT molecular complexity index is 503. The van der Waals surface area contributed by atoms with Gasteiger partial charge in [0.25, 0.3) is 5.91 Å². The van der Waals surface area contributed by atoms with Gasteiger partial charge in [-0.3, -0.25) is 9.69 Å². The van der Waals surface area contributed by atoms with Crippen molar-refractivity contribution in [3.63, 3.8) is 0 Å². The average molecular weight is 289 g/mol. The molecule has 0 bridgehead atoms. The van der Waals surface area contributed by atoms with Crippen molar-refractivity contribution in [3.05, 3.63) is 17.8 Å². The first kappa shape index (κ1) is 14.3. The lowest BCUT2D eigenvalue weighted by molar-refractivity contribution is 0.0147. The summed E-state index contributed by atoms with van der Waals surface area (Å²) in [6.45, 7) is 5.08. The van der Waals surface area contributed by atoms with E-state index in [0.29, 0.717) is 17.6 Å². The smallest absolute Gasteiger partial charge is 0.274 e. The fraction of sp³-hybridized carbons (Fsp3) is 0.667. The number of fused-ring (bicyclic) bond motifs is 1. The molecule has 2 aliphatic heterocycles. The third kappa shape index (κ3) is 2.85. The molecule has 0 spiro atoms. The van der Waals surface area contributed by atoms with Gasteiger partial charge < -0.3 is 10.2 Å². The van der Waals surface area contributed by atoms with E-state index >= 15 is 0 Å². The van der Waals surface area contributed by atoms with Crippen LogP contribution in [0.4, 0.5) is 5.82 Å². The largest absolute Gasteiger partial charge is 0.372 e. The number of nitrogens with one attached hydrogen (secondary N) is 1. The van der Waals surface area contributed by atoms with Gasteiger partial charge in [-0.15, -0.1) is 10.2 Å². The van der Waals surface area contributed by atoms with E-state index in [-0.39, 0.29) is 11.9 Å². The summed E-state index contributed by atoms with van der Waals surface area (Å²) in [5.41, 5.74) is 0.435. The standard InChI is InChI=1S/C15H23N5O/c1-11-9-19-8-4-3-5-12(19)10-20(11)15(21)13-6-7-14(16-2)18-17-13/h6-7,11-12H,3-5,8-10H2,1-2H3,(H,16,18). The molecule has 6 nitrogen and oxygen atoms in total. The SMILES string of the molecule is CNc1ccc(C(=O)N2CC3CCCCN3CC2C)nn1. The molecule has 0 saturated carbocycles. The molecular weight excluding hydrogens is 266 g/mol. The summed E-state index contributed by atoms with van der Waals surface area (Å²) in [6, 6.07) is 4.30. The molecule has 21 heavy (non-hydrogen) atoms.